The van der Waals surface area contributed by atoms with Crippen molar-refractivity contribution in [2.75, 3.05) is 5.32 Å². The van der Waals surface area contributed by atoms with E-state index in [-0.39, 0.29) is 23.0 Å². The average molecular weight is 512 g/mol. The smallest absolute Gasteiger partial charge is 0.326 e. The molecule has 0 bridgehead atoms. The first-order valence-corrected chi connectivity index (χ1v) is 12.0. The lowest BCUT2D eigenvalue weighted by atomic mass is 10.0. The zero-order chi connectivity index (χ0) is 25.4. The van der Waals surface area contributed by atoms with Crippen molar-refractivity contribution < 1.29 is 27.9 Å². The highest BCUT2D eigenvalue weighted by atomic mass is 32.1. The number of hydrogen-bond donors (Lipinski definition) is 3. The van der Waals surface area contributed by atoms with Crippen LogP contribution >= 0.6 is 11.3 Å². The first-order valence-electron chi connectivity index (χ1n) is 11.2. The van der Waals surface area contributed by atoms with Gasteiger partial charge < -0.3 is 15.7 Å². The van der Waals surface area contributed by atoms with Crippen LogP contribution in [0.2, 0.25) is 0 Å². The van der Waals surface area contributed by atoms with E-state index < -0.39 is 29.6 Å². The molecule has 1 saturated carbocycles. The van der Waals surface area contributed by atoms with E-state index >= 15 is 0 Å². The number of carboxylic acid groups (broad SMARTS) is 1. The number of nitrogens with zero attached hydrogens (tertiary/aromatic N) is 1. The number of halogens is 3. The maximum atomic E-state index is 14.8. The number of amides is 1. The van der Waals surface area contributed by atoms with Crippen LogP contribution in [0.3, 0.4) is 0 Å². The maximum Gasteiger partial charge on any atom is 0.326 e. The number of aromatic nitrogens is 1. The Hall–Kier alpha value is -3.92. The fourth-order valence-electron chi connectivity index (χ4n) is 3.89. The molecule has 1 amide bonds. The van der Waals surface area contributed by atoms with Crippen LogP contribution in [0.25, 0.3) is 21.3 Å². The highest BCUT2D eigenvalue weighted by molar-refractivity contribution is 7.22. The second kappa shape index (κ2) is 9.62. The van der Waals surface area contributed by atoms with Crippen LogP contribution in [0, 0.1) is 23.4 Å². The molecule has 1 aromatic heterocycles. The molecule has 36 heavy (non-hydrogen) atoms. The molecule has 0 aliphatic heterocycles. The number of aliphatic carboxylic acids is 1. The molecular weight excluding hydrogens is 491 g/mol. The fourth-order valence-corrected chi connectivity index (χ4v) is 4.79. The molecule has 1 aliphatic carbocycles. The van der Waals surface area contributed by atoms with Gasteiger partial charge in [-0.3, -0.25) is 4.79 Å². The number of hydrogen-bond acceptors (Lipinski definition) is 5. The van der Waals surface area contributed by atoms with Crippen molar-refractivity contribution in [3.63, 3.8) is 0 Å². The van der Waals surface area contributed by atoms with Crippen LogP contribution in [0.5, 0.6) is 0 Å². The molecule has 3 N–H and O–H groups in total. The molecule has 4 aromatic rings. The SMILES string of the molecule is O=C(N[C@@H](CC1CC1)C(=O)O)c1ccc(-c2ccc(Nc3nc4ccc(F)cc4s3)c(F)c2)cc1F. The normalized spacial score (nSPS) is 14.0. The number of thiazole rings is 1. The lowest BCUT2D eigenvalue weighted by Crippen LogP contribution is -2.41. The minimum Gasteiger partial charge on any atom is -0.480 e. The number of carboxylic acids is 1. The van der Waals surface area contributed by atoms with Crippen molar-refractivity contribution in [1.29, 1.82) is 0 Å². The van der Waals surface area contributed by atoms with Crippen LogP contribution < -0.4 is 10.6 Å². The molecule has 184 valence electrons. The van der Waals surface area contributed by atoms with Crippen LogP contribution in [0.4, 0.5) is 24.0 Å². The van der Waals surface area contributed by atoms with Gasteiger partial charge in [0.2, 0.25) is 0 Å². The second-order valence-corrected chi connectivity index (χ2v) is 9.72. The van der Waals surface area contributed by atoms with E-state index in [0.29, 0.717) is 32.9 Å². The lowest BCUT2D eigenvalue weighted by molar-refractivity contribution is -0.139. The predicted molar refractivity (Wildman–Crippen MR) is 131 cm³/mol. The van der Waals surface area contributed by atoms with Gasteiger partial charge in [-0.2, -0.15) is 0 Å². The van der Waals surface area contributed by atoms with Gasteiger partial charge in [0.15, 0.2) is 5.13 Å². The molecular formula is C26H20F3N3O3S. The van der Waals surface area contributed by atoms with Gasteiger partial charge in [-0.1, -0.05) is 36.3 Å². The lowest BCUT2D eigenvalue weighted by Gasteiger charge is -2.15. The van der Waals surface area contributed by atoms with Crippen LogP contribution in [-0.2, 0) is 4.79 Å². The highest BCUT2D eigenvalue weighted by Crippen LogP contribution is 2.34. The zero-order valence-electron chi connectivity index (χ0n) is 18.7. The van der Waals surface area contributed by atoms with Crippen molar-refractivity contribution in [2.24, 2.45) is 5.92 Å². The van der Waals surface area contributed by atoms with Gasteiger partial charge in [-0.25, -0.2) is 22.9 Å². The number of benzene rings is 3. The van der Waals surface area contributed by atoms with E-state index in [1.807, 2.05) is 0 Å². The number of rotatable bonds is 8. The third kappa shape index (κ3) is 5.18. The number of nitrogens with one attached hydrogen (secondary N) is 2. The Morgan fingerprint density at radius 1 is 1.00 bits per heavy atom. The summed E-state index contributed by atoms with van der Waals surface area (Å²) in [6, 6.07) is 11.2. The van der Waals surface area contributed by atoms with Gasteiger partial charge in [0.05, 0.1) is 21.5 Å². The first-order chi connectivity index (χ1) is 17.3. The van der Waals surface area contributed by atoms with Crippen molar-refractivity contribution >= 4 is 44.2 Å². The maximum absolute atomic E-state index is 14.8. The molecule has 0 spiro atoms. The molecule has 10 heteroatoms. The molecule has 5 rings (SSSR count). The van der Waals surface area contributed by atoms with Gasteiger partial charge in [0, 0.05) is 0 Å². The van der Waals surface area contributed by atoms with E-state index in [4.69, 9.17) is 0 Å². The molecule has 0 saturated heterocycles. The molecule has 1 heterocycles. The van der Waals surface area contributed by atoms with Gasteiger partial charge in [0.25, 0.3) is 5.91 Å². The third-order valence-corrected chi connectivity index (χ3v) is 6.91. The van der Waals surface area contributed by atoms with Crippen molar-refractivity contribution in [3.05, 3.63) is 77.6 Å². The highest BCUT2D eigenvalue weighted by Gasteiger charge is 2.30. The van der Waals surface area contributed by atoms with Crippen LogP contribution in [0.1, 0.15) is 29.6 Å². The fraction of sp³-hybridized carbons (Fsp3) is 0.192. The second-order valence-electron chi connectivity index (χ2n) is 8.69. The number of carbonyl (C=O) groups excluding carboxylic acids is 1. The van der Waals surface area contributed by atoms with E-state index in [1.165, 1.54) is 47.7 Å². The molecule has 1 fully saturated rings. The topological polar surface area (TPSA) is 91.3 Å². The number of fused-ring (bicyclic) bond motifs is 1. The summed E-state index contributed by atoms with van der Waals surface area (Å²) in [7, 11) is 0. The van der Waals surface area contributed by atoms with E-state index in [2.05, 4.69) is 15.6 Å². The average Bonchev–Trinajstić information content (AvgIpc) is 3.57. The predicted octanol–water partition coefficient (Wildman–Crippen LogP) is 6.11. The summed E-state index contributed by atoms with van der Waals surface area (Å²) in [5.74, 6) is -3.54. The third-order valence-electron chi connectivity index (χ3n) is 5.98. The molecule has 0 unspecified atom stereocenters. The van der Waals surface area contributed by atoms with Gasteiger partial charge >= 0.3 is 5.97 Å². The van der Waals surface area contributed by atoms with E-state index in [1.54, 1.807) is 12.1 Å². The summed E-state index contributed by atoms with van der Waals surface area (Å²) in [6.07, 6.45) is 2.16. The molecule has 0 radical (unpaired) electrons. The van der Waals surface area contributed by atoms with Crippen LogP contribution in [0.15, 0.2) is 54.6 Å². The minimum absolute atomic E-state index is 0.144. The largest absolute Gasteiger partial charge is 0.480 e. The summed E-state index contributed by atoms with van der Waals surface area (Å²) in [6.45, 7) is 0. The van der Waals surface area contributed by atoms with Crippen molar-refractivity contribution in [1.82, 2.24) is 10.3 Å². The van der Waals surface area contributed by atoms with Crippen LogP contribution in [-0.4, -0.2) is 28.0 Å². The molecule has 3 aromatic carbocycles. The number of carbonyl (C=O) groups is 2. The summed E-state index contributed by atoms with van der Waals surface area (Å²) in [5, 5.41) is 15.0. The molecule has 1 aliphatic rings. The van der Waals surface area contributed by atoms with Gasteiger partial charge in [-0.15, -0.1) is 0 Å². The number of anilines is 2. The van der Waals surface area contributed by atoms with Gasteiger partial charge in [-0.05, 0) is 65.9 Å². The Morgan fingerprint density at radius 2 is 1.72 bits per heavy atom. The Morgan fingerprint density at radius 3 is 2.39 bits per heavy atom. The summed E-state index contributed by atoms with van der Waals surface area (Å²) >= 11 is 1.18. The standard InChI is InChI=1S/C26H20F3N3O3S/c27-16-5-8-21-23(12-16)36-26(32-21)31-20-7-4-15(11-19(20)29)14-3-6-17(18(28)10-14)24(33)30-22(25(34)35)9-13-1-2-13/h3-8,10-13,22H,1-2,9H2,(H,30,33)(H,31,32)(H,34,35)/t22-/m0/s1. The first kappa shape index (κ1) is 23.8. The van der Waals surface area contributed by atoms with E-state index in [0.717, 1.165) is 18.9 Å². The van der Waals surface area contributed by atoms with Gasteiger partial charge in [0.1, 0.15) is 23.5 Å². The van der Waals surface area contributed by atoms with E-state index in [9.17, 15) is 27.9 Å². The minimum atomic E-state index is -1.16. The van der Waals surface area contributed by atoms with Crippen molar-refractivity contribution in [3.8, 4) is 11.1 Å². The molecule has 1 atom stereocenters. The van der Waals surface area contributed by atoms with Crippen molar-refractivity contribution in [2.45, 2.75) is 25.3 Å². The summed E-state index contributed by atoms with van der Waals surface area (Å²) in [4.78, 5) is 28.2. The Labute approximate surface area is 207 Å². The Balaban J connectivity index is 1.31. The Kier molecular flexibility index (Phi) is 6.36. The zero-order valence-corrected chi connectivity index (χ0v) is 19.5. The summed E-state index contributed by atoms with van der Waals surface area (Å²) in [5.41, 5.74) is 1.17. The quantitative estimate of drug-likeness (QED) is 0.266. The Bertz CT molecular complexity index is 1490. The summed E-state index contributed by atoms with van der Waals surface area (Å²) < 4.78 is 43.6. The monoisotopic (exact) mass is 511 g/mol. The molecule has 6 nitrogen and oxygen atoms in total.